The van der Waals surface area contributed by atoms with Crippen LogP contribution in [-0.4, -0.2) is 30.6 Å². The van der Waals surface area contributed by atoms with Crippen LogP contribution < -0.4 is 11.3 Å². The molecule has 100 valence electrons. The van der Waals surface area contributed by atoms with Crippen molar-refractivity contribution in [2.24, 2.45) is 5.84 Å². The van der Waals surface area contributed by atoms with E-state index in [1.165, 1.54) is 12.1 Å². The highest BCUT2D eigenvalue weighted by Gasteiger charge is 2.32. The fourth-order valence-corrected chi connectivity index (χ4v) is 1.40. The van der Waals surface area contributed by atoms with Crippen molar-refractivity contribution >= 4 is 11.6 Å². The third-order valence-corrected chi connectivity index (χ3v) is 2.15. The van der Waals surface area contributed by atoms with Crippen LogP contribution in [0.1, 0.15) is 10.4 Å². The minimum atomic E-state index is -4.52. The molecule has 0 aromatic heterocycles. The molecule has 0 saturated carbocycles. The summed E-state index contributed by atoms with van der Waals surface area (Å²) in [5.41, 5.74) is 1.36. The Morgan fingerprint density at radius 3 is 2.56 bits per heavy atom. The molecule has 0 aliphatic rings. The smallest absolute Gasteiger partial charge is 0.333 e. The molecule has 1 aromatic rings. The van der Waals surface area contributed by atoms with Crippen LogP contribution in [0.15, 0.2) is 18.2 Å². The molecule has 0 heterocycles. The van der Waals surface area contributed by atoms with Crippen LogP contribution in [0.2, 0.25) is 0 Å². The summed E-state index contributed by atoms with van der Waals surface area (Å²) in [5, 5.41) is 0. The molecule has 1 aromatic carbocycles. The third kappa shape index (κ3) is 3.33. The van der Waals surface area contributed by atoms with E-state index >= 15 is 0 Å². The van der Waals surface area contributed by atoms with E-state index in [2.05, 4.69) is 0 Å². The van der Waals surface area contributed by atoms with Crippen LogP contribution in [0.4, 0.5) is 23.2 Å². The largest absolute Gasteiger partial charge is 0.406 e. The molecule has 1 rings (SSSR count). The first-order chi connectivity index (χ1) is 8.26. The van der Waals surface area contributed by atoms with Crippen molar-refractivity contribution in [3.63, 3.8) is 0 Å². The molecule has 0 unspecified atom stereocenters. The second kappa shape index (κ2) is 5.21. The number of anilines is 1. The number of hydrogen-bond acceptors (Lipinski definition) is 3. The molecular weight excluding hydrogens is 254 g/mol. The van der Waals surface area contributed by atoms with Crippen LogP contribution in [0.25, 0.3) is 0 Å². The summed E-state index contributed by atoms with van der Waals surface area (Å²) < 4.78 is 49.7. The quantitative estimate of drug-likeness (QED) is 0.497. The van der Waals surface area contributed by atoms with Crippen LogP contribution in [0.3, 0.4) is 0 Å². The average molecular weight is 265 g/mol. The number of hydrazine groups is 1. The number of alkyl halides is 3. The van der Waals surface area contributed by atoms with Crippen LogP contribution in [0, 0.1) is 5.82 Å². The molecule has 0 aliphatic heterocycles. The Hall–Kier alpha value is -1.83. The van der Waals surface area contributed by atoms with Crippen molar-refractivity contribution in [3.8, 4) is 0 Å². The Balaban J connectivity index is 3.01. The van der Waals surface area contributed by atoms with Gasteiger partial charge in [-0.25, -0.2) is 4.39 Å². The summed E-state index contributed by atoms with van der Waals surface area (Å²) >= 11 is 0. The zero-order chi connectivity index (χ0) is 13.9. The Morgan fingerprint density at radius 1 is 1.44 bits per heavy atom. The van der Waals surface area contributed by atoms with Gasteiger partial charge in [0, 0.05) is 7.05 Å². The van der Waals surface area contributed by atoms with Crippen molar-refractivity contribution in [1.29, 1.82) is 0 Å². The van der Waals surface area contributed by atoms with E-state index in [0.717, 1.165) is 13.1 Å². The molecule has 8 heteroatoms. The lowest BCUT2D eigenvalue weighted by atomic mass is 10.1. The van der Waals surface area contributed by atoms with Crippen molar-refractivity contribution < 1.29 is 22.4 Å². The second-order valence-electron chi connectivity index (χ2n) is 3.58. The van der Waals surface area contributed by atoms with E-state index in [1.54, 1.807) is 0 Å². The molecule has 4 nitrogen and oxygen atoms in total. The molecule has 0 bridgehead atoms. The number of nitrogens with two attached hydrogens (primary N) is 1. The minimum absolute atomic E-state index is 0.260. The van der Waals surface area contributed by atoms with Gasteiger partial charge in [-0.3, -0.25) is 10.6 Å². The predicted octanol–water partition coefficient (Wildman–Crippen LogP) is 1.75. The lowest BCUT2D eigenvalue weighted by Crippen LogP contribution is -2.36. The number of nitrogen functional groups attached to an aromatic ring is 1. The molecule has 0 fully saturated rings. The molecule has 0 atom stereocenters. The van der Waals surface area contributed by atoms with Crippen molar-refractivity contribution in [1.82, 2.24) is 4.90 Å². The lowest BCUT2D eigenvalue weighted by molar-refractivity contribution is -0.138. The fourth-order valence-electron chi connectivity index (χ4n) is 1.40. The molecular formula is C10H11F4N3O. The number of hydrogen-bond donors (Lipinski definition) is 2. The van der Waals surface area contributed by atoms with Crippen molar-refractivity contribution in [2.75, 3.05) is 19.0 Å². The number of para-hydroxylation sites is 1. The maximum atomic E-state index is 13.3. The van der Waals surface area contributed by atoms with E-state index in [1.807, 2.05) is 5.43 Å². The van der Waals surface area contributed by atoms with Gasteiger partial charge in [0.25, 0.3) is 5.91 Å². The number of benzene rings is 1. The van der Waals surface area contributed by atoms with Gasteiger partial charge in [0.2, 0.25) is 0 Å². The van der Waals surface area contributed by atoms with Gasteiger partial charge in [0.05, 0.1) is 11.3 Å². The topological polar surface area (TPSA) is 58.4 Å². The highest BCUT2D eigenvalue weighted by molar-refractivity contribution is 5.99. The maximum Gasteiger partial charge on any atom is 0.406 e. The fraction of sp³-hybridized carbons (Fsp3) is 0.300. The molecule has 0 spiro atoms. The van der Waals surface area contributed by atoms with Gasteiger partial charge in [-0.2, -0.15) is 13.2 Å². The first-order valence-corrected chi connectivity index (χ1v) is 4.83. The molecule has 1 amide bonds. The summed E-state index contributed by atoms with van der Waals surface area (Å²) in [6.45, 7) is -1.42. The van der Waals surface area contributed by atoms with E-state index < -0.39 is 24.4 Å². The number of rotatable bonds is 3. The highest BCUT2D eigenvalue weighted by Crippen LogP contribution is 2.22. The van der Waals surface area contributed by atoms with Gasteiger partial charge in [-0.15, -0.1) is 0 Å². The molecule has 3 N–H and O–H groups in total. The lowest BCUT2D eigenvalue weighted by Gasteiger charge is -2.20. The molecule has 0 aliphatic carbocycles. The Labute approximate surface area is 100 Å². The summed E-state index contributed by atoms with van der Waals surface area (Å²) in [4.78, 5) is 12.2. The van der Waals surface area contributed by atoms with E-state index in [9.17, 15) is 22.4 Å². The van der Waals surface area contributed by atoms with E-state index in [0.29, 0.717) is 4.90 Å². The Bertz CT molecular complexity index is 447. The standard InChI is InChI=1S/C10H11F4N3O/c1-17(5-10(12,13)14)9(18)6-3-2-4-7(11)8(6)16-15/h2-4,16H,5,15H2,1H3. The summed E-state index contributed by atoms with van der Waals surface area (Å²) in [7, 11) is 0.973. The monoisotopic (exact) mass is 265 g/mol. The highest BCUT2D eigenvalue weighted by atomic mass is 19.4. The predicted molar refractivity (Wildman–Crippen MR) is 57.2 cm³/mol. The summed E-state index contributed by atoms with van der Waals surface area (Å²) in [6.07, 6.45) is -4.52. The summed E-state index contributed by atoms with van der Waals surface area (Å²) in [6, 6.07) is 3.44. The van der Waals surface area contributed by atoms with E-state index in [-0.39, 0.29) is 11.3 Å². The van der Waals surface area contributed by atoms with Crippen molar-refractivity contribution in [2.45, 2.75) is 6.18 Å². The number of amides is 1. The maximum absolute atomic E-state index is 13.3. The molecule has 0 saturated heterocycles. The van der Waals surface area contributed by atoms with Gasteiger partial charge in [-0.1, -0.05) is 6.07 Å². The number of carbonyl (C=O) groups excluding carboxylic acids is 1. The van der Waals surface area contributed by atoms with Crippen molar-refractivity contribution in [3.05, 3.63) is 29.6 Å². The van der Waals surface area contributed by atoms with Gasteiger partial charge in [0.1, 0.15) is 12.4 Å². The minimum Gasteiger partial charge on any atom is -0.333 e. The number of nitrogens with one attached hydrogen (secondary N) is 1. The first kappa shape index (κ1) is 14.2. The van der Waals surface area contributed by atoms with Crippen LogP contribution >= 0.6 is 0 Å². The average Bonchev–Trinajstić information content (AvgIpc) is 2.25. The SMILES string of the molecule is CN(CC(F)(F)F)C(=O)c1cccc(F)c1NN. The Kier molecular flexibility index (Phi) is 4.12. The third-order valence-electron chi connectivity index (χ3n) is 2.15. The van der Waals surface area contributed by atoms with E-state index in [4.69, 9.17) is 5.84 Å². The zero-order valence-corrected chi connectivity index (χ0v) is 9.38. The normalized spacial score (nSPS) is 11.2. The van der Waals surface area contributed by atoms with Gasteiger partial charge < -0.3 is 10.3 Å². The second-order valence-corrected chi connectivity index (χ2v) is 3.58. The molecule has 18 heavy (non-hydrogen) atoms. The van der Waals surface area contributed by atoms with Gasteiger partial charge in [-0.05, 0) is 12.1 Å². The Morgan fingerprint density at radius 2 is 2.06 bits per heavy atom. The van der Waals surface area contributed by atoms with Crippen LogP contribution in [0.5, 0.6) is 0 Å². The first-order valence-electron chi connectivity index (χ1n) is 4.83. The number of carbonyl (C=O) groups is 1. The molecule has 0 radical (unpaired) electrons. The summed E-state index contributed by atoms with van der Waals surface area (Å²) in [5.74, 6) is 3.25. The zero-order valence-electron chi connectivity index (χ0n) is 9.38. The van der Waals surface area contributed by atoms with Crippen LogP contribution in [-0.2, 0) is 0 Å². The van der Waals surface area contributed by atoms with Gasteiger partial charge >= 0.3 is 6.18 Å². The number of halogens is 4. The van der Waals surface area contributed by atoms with Gasteiger partial charge in [0.15, 0.2) is 0 Å². The number of nitrogens with zero attached hydrogens (tertiary/aromatic N) is 1.